The lowest BCUT2D eigenvalue weighted by atomic mass is 10.4. The van der Waals surface area contributed by atoms with Gasteiger partial charge in [0.15, 0.2) is 6.79 Å². The molecule has 2 rings (SSSR count). The van der Waals surface area contributed by atoms with Crippen LogP contribution in [0.15, 0.2) is 17.8 Å². The zero-order chi connectivity index (χ0) is 9.10. The Balaban J connectivity index is 2.37. The van der Waals surface area contributed by atoms with Crippen molar-refractivity contribution in [2.24, 2.45) is 0 Å². The first-order chi connectivity index (χ1) is 6.42. The molecule has 0 spiro atoms. The van der Waals surface area contributed by atoms with E-state index in [0.29, 0.717) is 5.88 Å². The van der Waals surface area contributed by atoms with E-state index < -0.39 is 0 Å². The Hall–Kier alpha value is -1.20. The summed E-state index contributed by atoms with van der Waals surface area (Å²) >= 11 is 1.56. The topological polar surface area (TPSA) is 44.2 Å². The summed E-state index contributed by atoms with van der Waals surface area (Å²) in [5.74, 6) is 0.577. The summed E-state index contributed by atoms with van der Waals surface area (Å²) in [5, 5.41) is 2.89. The molecular formula is C8H8N2O2S. The molecule has 0 aliphatic heterocycles. The second-order valence-electron chi connectivity index (χ2n) is 2.37. The van der Waals surface area contributed by atoms with Gasteiger partial charge in [-0.25, -0.2) is 9.97 Å². The zero-order valence-electron chi connectivity index (χ0n) is 7.06. The first-order valence-electron chi connectivity index (χ1n) is 3.72. The largest absolute Gasteiger partial charge is 0.450 e. The van der Waals surface area contributed by atoms with Crippen LogP contribution in [-0.2, 0) is 4.74 Å². The maximum Gasteiger partial charge on any atom is 0.227 e. The molecule has 0 atom stereocenters. The summed E-state index contributed by atoms with van der Waals surface area (Å²) in [6.45, 7) is 0.210. The van der Waals surface area contributed by atoms with Gasteiger partial charge in [0.2, 0.25) is 5.88 Å². The van der Waals surface area contributed by atoms with Crippen molar-refractivity contribution >= 4 is 21.6 Å². The average molecular weight is 196 g/mol. The van der Waals surface area contributed by atoms with E-state index in [1.54, 1.807) is 18.4 Å². The lowest BCUT2D eigenvalue weighted by Gasteiger charge is -2.02. The minimum Gasteiger partial charge on any atom is -0.450 e. The number of hydrogen-bond acceptors (Lipinski definition) is 5. The van der Waals surface area contributed by atoms with Gasteiger partial charge in [0.05, 0.1) is 5.39 Å². The second kappa shape index (κ2) is 3.68. The molecule has 0 N–H and O–H groups in total. The number of aromatic nitrogens is 2. The summed E-state index contributed by atoms with van der Waals surface area (Å²) in [5.41, 5.74) is 0. The van der Waals surface area contributed by atoms with Crippen molar-refractivity contribution in [2.75, 3.05) is 13.9 Å². The molecule has 2 aromatic rings. The molecule has 68 valence electrons. The number of methoxy groups -OCH3 is 1. The number of ether oxygens (including phenoxy) is 2. The van der Waals surface area contributed by atoms with Crippen LogP contribution in [-0.4, -0.2) is 23.9 Å². The molecule has 0 aromatic carbocycles. The molecule has 5 heteroatoms. The van der Waals surface area contributed by atoms with E-state index in [1.807, 2.05) is 11.4 Å². The molecule has 0 fully saturated rings. The number of fused-ring (bicyclic) bond motifs is 1. The smallest absolute Gasteiger partial charge is 0.227 e. The Labute approximate surface area is 79.1 Å². The van der Waals surface area contributed by atoms with Crippen LogP contribution in [0, 0.1) is 0 Å². The van der Waals surface area contributed by atoms with Crippen molar-refractivity contribution in [1.82, 2.24) is 9.97 Å². The molecule has 4 nitrogen and oxygen atoms in total. The second-order valence-corrected chi connectivity index (χ2v) is 3.26. The summed E-state index contributed by atoms with van der Waals surface area (Å²) in [7, 11) is 1.58. The Morgan fingerprint density at radius 3 is 3.23 bits per heavy atom. The maximum absolute atomic E-state index is 5.26. The van der Waals surface area contributed by atoms with Crippen molar-refractivity contribution in [1.29, 1.82) is 0 Å². The van der Waals surface area contributed by atoms with Crippen LogP contribution in [0.1, 0.15) is 0 Å². The lowest BCUT2D eigenvalue weighted by Crippen LogP contribution is -2.00. The maximum atomic E-state index is 5.26. The van der Waals surface area contributed by atoms with E-state index in [1.165, 1.54) is 6.33 Å². The molecule has 2 aromatic heterocycles. The number of thiophene rings is 1. The fourth-order valence-electron chi connectivity index (χ4n) is 0.997. The highest BCUT2D eigenvalue weighted by Crippen LogP contribution is 2.25. The number of rotatable bonds is 3. The quantitative estimate of drug-likeness (QED) is 0.700. The fraction of sp³-hybridized carbons (Fsp3) is 0.250. The van der Waals surface area contributed by atoms with Crippen LogP contribution in [0.5, 0.6) is 5.88 Å². The normalized spacial score (nSPS) is 10.5. The molecule has 0 radical (unpaired) electrons. The van der Waals surface area contributed by atoms with Gasteiger partial charge in [0.1, 0.15) is 11.2 Å². The van der Waals surface area contributed by atoms with Crippen LogP contribution in [0.4, 0.5) is 0 Å². The van der Waals surface area contributed by atoms with Gasteiger partial charge in [-0.15, -0.1) is 11.3 Å². The molecule has 0 amide bonds. The number of hydrogen-bond donors (Lipinski definition) is 0. The van der Waals surface area contributed by atoms with Crippen LogP contribution in [0.25, 0.3) is 10.2 Å². The van der Waals surface area contributed by atoms with Crippen LogP contribution < -0.4 is 4.74 Å². The number of nitrogens with zero attached hydrogens (tertiary/aromatic N) is 2. The van der Waals surface area contributed by atoms with E-state index in [4.69, 9.17) is 9.47 Å². The SMILES string of the molecule is COCOc1ncnc2sccc12. The predicted octanol–water partition coefficient (Wildman–Crippen LogP) is 1.67. The lowest BCUT2D eigenvalue weighted by molar-refractivity contribution is 0.0490. The summed E-state index contributed by atoms with van der Waals surface area (Å²) in [4.78, 5) is 9.04. The van der Waals surface area contributed by atoms with E-state index in [0.717, 1.165) is 10.2 Å². The summed E-state index contributed by atoms with van der Waals surface area (Å²) in [6.07, 6.45) is 1.49. The van der Waals surface area contributed by atoms with Gasteiger partial charge < -0.3 is 9.47 Å². The van der Waals surface area contributed by atoms with Crippen molar-refractivity contribution in [3.8, 4) is 5.88 Å². The van der Waals surface area contributed by atoms with Crippen molar-refractivity contribution in [3.05, 3.63) is 17.8 Å². The minimum absolute atomic E-state index is 0.210. The average Bonchev–Trinajstić information content (AvgIpc) is 2.62. The van der Waals surface area contributed by atoms with E-state index in [9.17, 15) is 0 Å². The highest BCUT2D eigenvalue weighted by Gasteiger charge is 2.04. The Morgan fingerprint density at radius 2 is 2.38 bits per heavy atom. The molecule has 0 saturated carbocycles. The Bertz CT molecular complexity index is 402. The standard InChI is InChI=1S/C8H8N2O2S/c1-11-5-12-7-6-2-3-13-8(6)10-4-9-7/h2-4H,5H2,1H3. The monoisotopic (exact) mass is 196 g/mol. The van der Waals surface area contributed by atoms with Crippen LogP contribution >= 0.6 is 11.3 Å². The summed E-state index contributed by atoms with van der Waals surface area (Å²) in [6, 6.07) is 1.94. The molecule has 0 saturated heterocycles. The summed E-state index contributed by atoms with van der Waals surface area (Å²) < 4.78 is 10.1. The van der Waals surface area contributed by atoms with Gasteiger partial charge in [0, 0.05) is 7.11 Å². The molecule has 0 bridgehead atoms. The van der Waals surface area contributed by atoms with Gasteiger partial charge in [0.25, 0.3) is 0 Å². The molecule has 0 aliphatic carbocycles. The molecular weight excluding hydrogens is 188 g/mol. The Kier molecular flexibility index (Phi) is 2.37. The van der Waals surface area contributed by atoms with Gasteiger partial charge in [-0.1, -0.05) is 0 Å². The van der Waals surface area contributed by atoms with Crippen molar-refractivity contribution in [2.45, 2.75) is 0 Å². The van der Waals surface area contributed by atoms with Gasteiger partial charge in [-0.3, -0.25) is 0 Å². The minimum atomic E-state index is 0.210. The molecule has 0 aliphatic rings. The third kappa shape index (κ3) is 1.61. The predicted molar refractivity (Wildman–Crippen MR) is 49.9 cm³/mol. The fourth-order valence-corrected chi connectivity index (χ4v) is 1.72. The van der Waals surface area contributed by atoms with Gasteiger partial charge in [-0.05, 0) is 11.4 Å². The third-order valence-corrected chi connectivity index (χ3v) is 2.36. The van der Waals surface area contributed by atoms with Crippen molar-refractivity contribution < 1.29 is 9.47 Å². The van der Waals surface area contributed by atoms with E-state index in [-0.39, 0.29) is 6.79 Å². The zero-order valence-corrected chi connectivity index (χ0v) is 7.87. The van der Waals surface area contributed by atoms with Crippen molar-refractivity contribution in [3.63, 3.8) is 0 Å². The highest BCUT2D eigenvalue weighted by atomic mass is 32.1. The Morgan fingerprint density at radius 1 is 1.46 bits per heavy atom. The van der Waals surface area contributed by atoms with E-state index in [2.05, 4.69) is 9.97 Å². The van der Waals surface area contributed by atoms with Crippen LogP contribution in [0.3, 0.4) is 0 Å². The third-order valence-electron chi connectivity index (χ3n) is 1.54. The highest BCUT2D eigenvalue weighted by molar-refractivity contribution is 7.16. The van der Waals surface area contributed by atoms with E-state index >= 15 is 0 Å². The first-order valence-corrected chi connectivity index (χ1v) is 4.59. The molecule has 0 unspecified atom stereocenters. The molecule has 2 heterocycles. The van der Waals surface area contributed by atoms with Gasteiger partial charge in [-0.2, -0.15) is 0 Å². The van der Waals surface area contributed by atoms with Gasteiger partial charge >= 0.3 is 0 Å². The first kappa shape index (κ1) is 8.40. The van der Waals surface area contributed by atoms with Crippen LogP contribution in [0.2, 0.25) is 0 Å². The molecule has 13 heavy (non-hydrogen) atoms.